The van der Waals surface area contributed by atoms with Crippen LogP contribution < -0.4 is 5.32 Å². The van der Waals surface area contributed by atoms with Crippen LogP contribution in [-0.4, -0.2) is 45.8 Å². The maximum absolute atomic E-state index is 11.7. The second-order valence-electron chi connectivity index (χ2n) is 6.56. The summed E-state index contributed by atoms with van der Waals surface area (Å²) >= 11 is 7.54. The molecule has 0 spiro atoms. The van der Waals surface area contributed by atoms with Gasteiger partial charge in [-0.15, -0.1) is 10.2 Å². The number of esters is 1. The maximum atomic E-state index is 11.7. The first-order valence-electron chi connectivity index (χ1n) is 9.39. The summed E-state index contributed by atoms with van der Waals surface area (Å²) in [5, 5.41) is 13.4. The summed E-state index contributed by atoms with van der Waals surface area (Å²) in [4.78, 5) is 11.7. The summed E-state index contributed by atoms with van der Waals surface area (Å²) in [5.74, 6) is 0.741. The number of aryl methyl sites for hydroxylation is 1. The van der Waals surface area contributed by atoms with Crippen molar-refractivity contribution >= 4 is 35.0 Å². The molecule has 9 heteroatoms. The van der Waals surface area contributed by atoms with Crippen LogP contribution in [0.3, 0.4) is 0 Å². The Bertz CT molecular complexity index is 808. The Morgan fingerprint density at radius 3 is 3.04 bits per heavy atom. The van der Waals surface area contributed by atoms with Crippen molar-refractivity contribution in [3.63, 3.8) is 0 Å². The van der Waals surface area contributed by atoms with Crippen LogP contribution in [0.4, 0.5) is 5.69 Å². The molecule has 3 rings (SSSR count). The minimum Gasteiger partial charge on any atom is -0.465 e. The van der Waals surface area contributed by atoms with Crippen molar-refractivity contribution in [1.82, 2.24) is 14.8 Å². The molecule has 1 aromatic heterocycles. The van der Waals surface area contributed by atoms with E-state index in [1.807, 2.05) is 29.7 Å². The first kappa shape index (κ1) is 21.0. The third kappa shape index (κ3) is 5.62. The Morgan fingerprint density at radius 1 is 1.46 bits per heavy atom. The first-order valence-corrected chi connectivity index (χ1v) is 10.7. The predicted molar refractivity (Wildman–Crippen MR) is 110 cm³/mol. The van der Waals surface area contributed by atoms with E-state index in [1.165, 1.54) is 11.8 Å². The standard InChI is InChI=1S/C19H25ClN4O3S/c1-3-26-18(25)12-28-19-23-22-17(24(19)11-15-5-4-8-27-15)10-21-14-7-6-13(2)16(20)9-14/h6-7,9,15,21H,3-5,8,10-12H2,1-2H3. The van der Waals surface area contributed by atoms with E-state index in [0.29, 0.717) is 24.9 Å². The van der Waals surface area contributed by atoms with Gasteiger partial charge in [0, 0.05) is 17.3 Å². The molecule has 0 aliphatic carbocycles. The number of thioether (sulfide) groups is 1. The molecule has 28 heavy (non-hydrogen) atoms. The van der Waals surface area contributed by atoms with Gasteiger partial charge in [-0.25, -0.2) is 0 Å². The molecule has 1 atom stereocenters. The van der Waals surface area contributed by atoms with E-state index in [2.05, 4.69) is 15.5 Å². The number of hydrogen-bond donors (Lipinski definition) is 1. The third-order valence-electron chi connectivity index (χ3n) is 4.45. The molecule has 1 N–H and O–H groups in total. The van der Waals surface area contributed by atoms with Crippen LogP contribution in [0.25, 0.3) is 0 Å². The van der Waals surface area contributed by atoms with Gasteiger partial charge in [-0.1, -0.05) is 29.4 Å². The smallest absolute Gasteiger partial charge is 0.316 e. The molecule has 2 aromatic rings. The van der Waals surface area contributed by atoms with Crippen LogP contribution in [0, 0.1) is 6.92 Å². The number of nitrogens with zero attached hydrogens (tertiary/aromatic N) is 3. The Hall–Kier alpha value is -1.77. The van der Waals surface area contributed by atoms with Crippen LogP contribution >= 0.6 is 23.4 Å². The van der Waals surface area contributed by atoms with Gasteiger partial charge in [0.2, 0.25) is 0 Å². The molecule has 152 valence electrons. The number of anilines is 1. The number of rotatable bonds is 9. The van der Waals surface area contributed by atoms with Gasteiger partial charge in [0.15, 0.2) is 11.0 Å². The van der Waals surface area contributed by atoms with E-state index >= 15 is 0 Å². The zero-order valence-corrected chi connectivity index (χ0v) is 17.7. The topological polar surface area (TPSA) is 78.3 Å². The summed E-state index contributed by atoms with van der Waals surface area (Å²) < 4.78 is 12.8. The molecule has 1 unspecified atom stereocenters. The molecule has 1 aliphatic heterocycles. The SMILES string of the molecule is CCOC(=O)CSc1nnc(CNc2ccc(C)c(Cl)c2)n1CC1CCCO1. The highest BCUT2D eigenvalue weighted by atomic mass is 35.5. The van der Waals surface area contributed by atoms with Gasteiger partial charge in [-0.05, 0) is 44.4 Å². The average Bonchev–Trinajstić information content (AvgIpc) is 3.32. The lowest BCUT2D eigenvalue weighted by atomic mass is 10.2. The zero-order valence-electron chi connectivity index (χ0n) is 16.1. The van der Waals surface area contributed by atoms with Crippen molar-refractivity contribution in [1.29, 1.82) is 0 Å². The number of hydrogen-bond acceptors (Lipinski definition) is 7. The highest BCUT2D eigenvalue weighted by molar-refractivity contribution is 7.99. The van der Waals surface area contributed by atoms with Crippen molar-refractivity contribution < 1.29 is 14.3 Å². The van der Waals surface area contributed by atoms with E-state index in [9.17, 15) is 4.79 Å². The lowest BCUT2D eigenvalue weighted by molar-refractivity contribution is -0.139. The molecule has 0 bridgehead atoms. The summed E-state index contributed by atoms with van der Waals surface area (Å²) in [7, 11) is 0. The lowest BCUT2D eigenvalue weighted by Crippen LogP contribution is -2.19. The van der Waals surface area contributed by atoms with E-state index < -0.39 is 0 Å². The van der Waals surface area contributed by atoms with Crippen LogP contribution in [-0.2, 0) is 27.4 Å². The quantitative estimate of drug-likeness (QED) is 0.485. The van der Waals surface area contributed by atoms with E-state index in [1.54, 1.807) is 6.92 Å². The van der Waals surface area contributed by atoms with E-state index in [4.69, 9.17) is 21.1 Å². The normalized spacial score (nSPS) is 16.3. The monoisotopic (exact) mass is 424 g/mol. The average molecular weight is 425 g/mol. The van der Waals surface area contributed by atoms with Gasteiger partial charge < -0.3 is 19.4 Å². The van der Waals surface area contributed by atoms with Gasteiger partial charge in [-0.3, -0.25) is 4.79 Å². The molecule has 1 aliphatic rings. The fourth-order valence-electron chi connectivity index (χ4n) is 2.94. The maximum Gasteiger partial charge on any atom is 0.316 e. The van der Waals surface area contributed by atoms with Crippen LogP contribution in [0.5, 0.6) is 0 Å². The number of carbonyl (C=O) groups is 1. The number of aromatic nitrogens is 3. The molecule has 1 saturated heterocycles. The van der Waals surface area contributed by atoms with Crippen molar-refractivity contribution in [2.75, 3.05) is 24.3 Å². The Morgan fingerprint density at radius 2 is 2.32 bits per heavy atom. The molecule has 7 nitrogen and oxygen atoms in total. The van der Waals surface area contributed by atoms with Gasteiger partial charge in [0.05, 0.1) is 31.6 Å². The molecular formula is C19H25ClN4O3S. The Labute approximate surface area is 174 Å². The van der Waals surface area contributed by atoms with Crippen LogP contribution in [0.2, 0.25) is 5.02 Å². The summed E-state index contributed by atoms with van der Waals surface area (Å²) in [6, 6.07) is 5.86. The van der Waals surface area contributed by atoms with Crippen molar-refractivity contribution in [2.24, 2.45) is 0 Å². The molecule has 0 radical (unpaired) electrons. The minimum atomic E-state index is -0.256. The minimum absolute atomic E-state index is 0.144. The van der Waals surface area contributed by atoms with Crippen LogP contribution in [0.1, 0.15) is 31.2 Å². The van der Waals surface area contributed by atoms with Crippen molar-refractivity contribution in [2.45, 2.75) is 51.0 Å². The van der Waals surface area contributed by atoms with Crippen molar-refractivity contribution in [3.8, 4) is 0 Å². The van der Waals surface area contributed by atoms with Crippen LogP contribution in [0.15, 0.2) is 23.4 Å². The van der Waals surface area contributed by atoms with Gasteiger partial charge in [-0.2, -0.15) is 0 Å². The van der Waals surface area contributed by atoms with E-state index in [0.717, 1.165) is 41.5 Å². The number of benzene rings is 1. The molecule has 1 aromatic carbocycles. The van der Waals surface area contributed by atoms with Gasteiger partial charge in [0.25, 0.3) is 0 Å². The second kappa shape index (κ2) is 10.1. The third-order valence-corrected chi connectivity index (χ3v) is 5.80. The van der Waals surface area contributed by atoms with Gasteiger partial charge in [0.1, 0.15) is 0 Å². The number of halogens is 1. The second-order valence-corrected chi connectivity index (χ2v) is 7.91. The zero-order chi connectivity index (χ0) is 19.9. The van der Waals surface area contributed by atoms with Gasteiger partial charge >= 0.3 is 5.97 Å². The summed E-state index contributed by atoms with van der Waals surface area (Å²) in [5.41, 5.74) is 1.95. The molecule has 1 fully saturated rings. The molecular weight excluding hydrogens is 400 g/mol. The van der Waals surface area contributed by atoms with Crippen molar-refractivity contribution in [3.05, 3.63) is 34.6 Å². The Balaban J connectivity index is 1.70. The molecule has 2 heterocycles. The lowest BCUT2D eigenvalue weighted by Gasteiger charge is -2.15. The fourth-order valence-corrected chi connectivity index (χ4v) is 3.89. The Kier molecular flexibility index (Phi) is 7.58. The molecule has 0 saturated carbocycles. The predicted octanol–water partition coefficient (Wildman–Crippen LogP) is 3.69. The summed E-state index contributed by atoms with van der Waals surface area (Å²) in [6.45, 7) is 6.09. The highest BCUT2D eigenvalue weighted by Gasteiger charge is 2.21. The molecule has 0 amide bonds. The highest BCUT2D eigenvalue weighted by Crippen LogP contribution is 2.23. The first-order chi connectivity index (χ1) is 13.6. The number of carbonyl (C=O) groups excluding carboxylic acids is 1. The summed E-state index contributed by atoms with van der Waals surface area (Å²) in [6.07, 6.45) is 2.22. The van der Waals surface area contributed by atoms with E-state index in [-0.39, 0.29) is 17.8 Å². The number of nitrogens with one attached hydrogen (secondary N) is 1. The largest absolute Gasteiger partial charge is 0.465 e. The number of ether oxygens (including phenoxy) is 2. The fraction of sp³-hybridized carbons (Fsp3) is 0.526.